The van der Waals surface area contributed by atoms with E-state index in [1.807, 2.05) is 48.5 Å². The van der Waals surface area contributed by atoms with Crippen LogP contribution in [0.4, 0.5) is 0 Å². The van der Waals surface area contributed by atoms with Crippen LogP contribution in [0.5, 0.6) is 0 Å². The Labute approximate surface area is 348 Å². The van der Waals surface area contributed by atoms with E-state index in [1.54, 1.807) is 0 Å². The van der Waals surface area contributed by atoms with Crippen LogP contribution in [0.3, 0.4) is 0 Å². The normalized spacial score (nSPS) is 12.6. The Kier molecular flexibility index (Phi) is 14.1. The summed E-state index contributed by atoms with van der Waals surface area (Å²) in [7, 11) is 0. The van der Waals surface area contributed by atoms with E-state index in [4.69, 9.17) is 13.8 Å². The van der Waals surface area contributed by atoms with Gasteiger partial charge in [-0.15, -0.1) is 29.1 Å². The van der Waals surface area contributed by atoms with Gasteiger partial charge in [0.25, 0.3) is 0 Å². The van der Waals surface area contributed by atoms with Crippen molar-refractivity contribution in [2.24, 2.45) is 16.7 Å². The molecule has 0 bridgehead atoms. The maximum absolute atomic E-state index is 12.2. The molecule has 3 aromatic carbocycles. The van der Waals surface area contributed by atoms with E-state index >= 15 is 0 Å². The van der Waals surface area contributed by atoms with Gasteiger partial charge in [-0.3, -0.25) is 9.78 Å². The maximum atomic E-state index is 12.2. The number of carbonyl (C=O) groups excluding carboxylic acids is 1. The molecule has 0 amide bonds. The number of aryl methyl sites for hydroxylation is 2. The number of aliphatic hydroxyl groups is 1. The van der Waals surface area contributed by atoms with E-state index in [9.17, 15) is 9.90 Å². The van der Waals surface area contributed by atoms with E-state index in [2.05, 4.69) is 108 Å². The van der Waals surface area contributed by atoms with Crippen molar-refractivity contribution in [1.29, 1.82) is 0 Å². The second kappa shape index (κ2) is 17.7. The van der Waals surface area contributed by atoms with Crippen molar-refractivity contribution >= 4 is 38.6 Å². The Balaban J connectivity index is 0.000000330. The van der Waals surface area contributed by atoms with Crippen LogP contribution in [-0.4, -0.2) is 15.9 Å². The molecule has 3 aromatic heterocycles. The first-order valence-electron chi connectivity index (χ1n) is 20.2. The van der Waals surface area contributed by atoms with Crippen molar-refractivity contribution in [1.82, 2.24) is 4.98 Å². The molecule has 6 rings (SSSR count). The third-order valence-corrected chi connectivity index (χ3v) is 12.0. The molecular formula is C50H62IrNO4-. The number of allylic oxidation sites excluding steroid dienone is 2. The van der Waals surface area contributed by atoms with Crippen molar-refractivity contribution in [3.63, 3.8) is 0 Å². The third kappa shape index (κ3) is 9.24. The third-order valence-electron chi connectivity index (χ3n) is 12.0. The summed E-state index contributed by atoms with van der Waals surface area (Å²) < 4.78 is 12.2. The molecule has 56 heavy (non-hydrogen) atoms. The van der Waals surface area contributed by atoms with Gasteiger partial charge in [-0.2, -0.15) is 0 Å². The van der Waals surface area contributed by atoms with Crippen molar-refractivity contribution in [2.75, 3.05) is 0 Å². The topological polar surface area (TPSA) is 76.5 Å². The van der Waals surface area contributed by atoms with Gasteiger partial charge in [0.15, 0.2) is 5.78 Å². The van der Waals surface area contributed by atoms with Gasteiger partial charge in [-0.1, -0.05) is 117 Å². The number of rotatable bonds is 11. The van der Waals surface area contributed by atoms with Crippen LogP contribution in [0.25, 0.3) is 55.2 Å². The number of carbonyl (C=O) groups is 1. The van der Waals surface area contributed by atoms with E-state index in [0.717, 1.165) is 82.4 Å². The summed E-state index contributed by atoms with van der Waals surface area (Å²) in [6.45, 7) is 27.4. The number of aliphatic hydroxyl groups excluding tert-OH is 1. The predicted molar refractivity (Wildman–Crippen MR) is 231 cm³/mol. The van der Waals surface area contributed by atoms with Crippen molar-refractivity contribution < 1.29 is 38.8 Å². The zero-order valence-corrected chi connectivity index (χ0v) is 38.3. The van der Waals surface area contributed by atoms with Crippen molar-refractivity contribution in [3.05, 3.63) is 101 Å². The number of furan rings is 2. The van der Waals surface area contributed by atoms with E-state index in [0.29, 0.717) is 11.6 Å². The monoisotopic (exact) mass is 933 g/mol. The summed E-state index contributed by atoms with van der Waals surface area (Å²) in [5, 5.41) is 14.7. The Morgan fingerprint density at radius 2 is 1.46 bits per heavy atom. The van der Waals surface area contributed by atoms with Crippen molar-refractivity contribution in [3.8, 4) is 22.4 Å². The number of pyridine rings is 1. The number of hydrogen-bond acceptors (Lipinski definition) is 5. The smallest absolute Gasteiger partial charge is 0.219 e. The quantitative estimate of drug-likeness (QED) is 0.0796. The van der Waals surface area contributed by atoms with Gasteiger partial charge in [0.05, 0.1) is 0 Å². The fourth-order valence-corrected chi connectivity index (χ4v) is 7.28. The van der Waals surface area contributed by atoms with Crippen LogP contribution in [0.1, 0.15) is 124 Å². The minimum absolute atomic E-state index is 0. The minimum Gasteiger partial charge on any atom is -0.512 e. The second-order valence-electron chi connectivity index (χ2n) is 17.4. The fraction of sp³-hybridized carbons (Fsp3) is 0.440. The van der Waals surface area contributed by atoms with Crippen LogP contribution < -0.4 is 0 Å². The first-order chi connectivity index (χ1) is 25.9. The summed E-state index contributed by atoms with van der Waals surface area (Å²) in [4.78, 5) is 17.2. The molecule has 6 aromatic rings. The number of nitrogens with zero attached hydrogens (tertiary/aromatic N) is 1. The first-order valence-corrected chi connectivity index (χ1v) is 20.2. The Hall–Kier alpha value is -3.99. The van der Waals surface area contributed by atoms with Crippen LogP contribution in [0, 0.1) is 36.7 Å². The zero-order valence-electron chi connectivity index (χ0n) is 35.9. The average Bonchev–Trinajstić information content (AvgIpc) is 3.69. The standard InChI is InChI=1S/C35H34NO2.C15H28O2.Ir/c1-20(2)14-27-22(4)38-33-13-12-24(17-29(27)33)28-19-32(36-34-30(28)15-21(3)37-34)25-16-23-10-8-9-11-26(23)31(18-25)35(5,6)7;1-7-14(5,8-2)12(16)11-13(17)15(6,9-3)10-4;/h8-13,15,17-20H,14H2,1-7H3;11,16H,7-10H2,1-6H3;/q-1;;/b;12-11-;. The summed E-state index contributed by atoms with van der Waals surface area (Å²) >= 11 is 0. The number of aromatic nitrogens is 1. The van der Waals surface area contributed by atoms with Gasteiger partial charge in [-0.05, 0) is 86.6 Å². The molecule has 0 aliphatic carbocycles. The average molecular weight is 933 g/mol. The number of hydrogen-bond donors (Lipinski definition) is 1. The van der Waals surface area contributed by atoms with Gasteiger partial charge >= 0.3 is 0 Å². The molecule has 0 unspecified atom stereocenters. The van der Waals surface area contributed by atoms with E-state index < -0.39 is 0 Å². The molecular weight excluding hydrogens is 871 g/mol. The SMILES string of the molecule is CCC(C)(CC)C(=O)/C=C(\O)C(C)(CC)CC.Cc1cc2c(-c3ccc4oc(C)c(CC(C)C)c4c3)cc(-c3[c-]c4ccccc4c(C(C)(C)C)c3)nc2o1.[Ir]. The first kappa shape index (κ1) is 44.7. The second-order valence-corrected chi connectivity index (χ2v) is 17.4. The molecule has 301 valence electrons. The Bertz CT molecular complexity index is 2340. The summed E-state index contributed by atoms with van der Waals surface area (Å²) in [6, 6.07) is 25.2. The number of fused-ring (bicyclic) bond motifs is 3. The van der Waals surface area contributed by atoms with Crippen LogP contribution in [-0.2, 0) is 36.7 Å². The molecule has 3 heterocycles. The van der Waals surface area contributed by atoms with Crippen LogP contribution >= 0.6 is 0 Å². The predicted octanol–water partition coefficient (Wildman–Crippen LogP) is 14.6. The zero-order chi connectivity index (χ0) is 40.5. The number of benzene rings is 3. The molecule has 5 nitrogen and oxygen atoms in total. The van der Waals surface area contributed by atoms with Crippen LogP contribution in [0.2, 0.25) is 0 Å². The summed E-state index contributed by atoms with van der Waals surface area (Å²) in [6.07, 6.45) is 5.75. The van der Waals surface area contributed by atoms with Gasteiger partial charge in [0.2, 0.25) is 5.71 Å². The molecule has 6 heteroatoms. The minimum atomic E-state index is -0.337. The molecule has 0 saturated carbocycles. The maximum Gasteiger partial charge on any atom is 0.219 e. The van der Waals surface area contributed by atoms with Gasteiger partial charge in [-0.25, -0.2) is 0 Å². The fourth-order valence-electron chi connectivity index (χ4n) is 7.28. The number of ketones is 1. The van der Waals surface area contributed by atoms with E-state index in [-0.39, 0.29) is 47.9 Å². The molecule has 1 N–H and O–H groups in total. The molecule has 0 fully saturated rings. The molecule has 0 spiro atoms. The molecule has 0 aliphatic heterocycles. The molecule has 0 saturated heterocycles. The summed E-state index contributed by atoms with van der Waals surface area (Å²) in [5.74, 6) is 2.69. The molecule has 1 radical (unpaired) electrons. The molecule has 0 atom stereocenters. The van der Waals surface area contributed by atoms with Gasteiger partial charge in [0, 0.05) is 59.0 Å². The molecule has 0 aliphatic rings. The summed E-state index contributed by atoms with van der Waals surface area (Å²) in [5.41, 5.74) is 7.64. The van der Waals surface area contributed by atoms with Gasteiger partial charge < -0.3 is 13.9 Å². The van der Waals surface area contributed by atoms with Crippen LogP contribution in [0.15, 0.2) is 81.3 Å². The van der Waals surface area contributed by atoms with Gasteiger partial charge in [0.1, 0.15) is 22.9 Å². The Morgan fingerprint density at radius 3 is 2.07 bits per heavy atom. The van der Waals surface area contributed by atoms with Crippen molar-refractivity contribution in [2.45, 2.75) is 128 Å². The van der Waals surface area contributed by atoms with E-state index in [1.165, 1.54) is 28.0 Å². The largest absolute Gasteiger partial charge is 0.512 e. The Morgan fingerprint density at radius 1 is 0.821 bits per heavy atom.